The molecule has 9 nitrogen and oxygen atoms in total. The molecule has 1 atom stereocenters. The molecular weight excluding hydrogens is 516 g/mol. The maximum Gasteiger partial charge on any atom is 0.255 e. The van der Waals surface area contributed by atoms with E-state index in [1.54, 1.807) is 36.3 Å². The summed E-state index contributed by atoms with van der Waals surface area (Å²) in [7, 11) is 1.61. The van der Waals surface area contributed by atoms with Crippen molar-refractivity contribution in [1.82, 2.24) is 19.7 Å². The van der Waals surface area contributed by atoms with Gasteiger partial charge >= 0.3 is 0 Å². The third-order valence-electron chi connectivity index (χ3n) is 6.79. The van der Waals surface area contributed by atoms with Crippen LogP contribution in [0, 0.1) is 0 Å². The Kier molecular flexibility index (Phi) is 7.15. The second kappa shape index (κ2) is 11.4. The third-order valence-corrected chi connectivity index (χ3v) is 6.79. The van der Waals surface area contributed by atoms with E-state index in [-0.39, 0.29) is 5.91 Å². The lowest BCUT2D eigenvalue weighted by Crippen LogP contribution is -2.31. The molecule has 0 spiro atoms. The smallest absolute Gasteiger partial charge is 0.255 e. The Morgan fingerprint density at radius 1 is 1.00 bits per heavy atom. The minimum atomic E-state index is -0.584. The molecule has 2 N–H and O–H groups in total. The zero-order chi connectivity index (χ0) is 28.2. The normalized spacial score (nSPS) is 14.1. The lowest BCUT2D eigenvalue weighted by Gasteiger charge is -2.29. The minimum absolute atomic E-state index is 0.274. The molecule has 0 saturated heterocycles. The molecule has 9 heteroatoms. The number of methoxy groups -OCH3 is 1. The predicted octanol–water partition coefficient (Wildman–Crippen LogP) is 5.86. The Bertz CT molecular complexity index is 1720. The van der Waals surface area contributed by atoms with Crippen molar-refractivity contribution in [2.45, 2.75) is 19.6 Å². The van der Waals surface area contributed by atoms with Crippen LogP contribution in [0.4, 0.5) is 11.6 Å². The summed E-state index contributed by atoms with van der Waals surface area (Å²) in [6.07, 6.45) is 3.27. The van der Waals surface area contributed by atoms with Gasteiger partial charge in [-0.15, -0.1) is 5.10 Å². The first-order valence-electron chi connectivity index (χ1n) is 13.2. The molecule has 1 unspecified atom stereocenters. The Morgan fingerprint density at radius 3 is 2.63 bits per heavy atom. The zero-order valence-electron chi connectivity index (χ0n) is 22.6. The molecule has 0 bridgehead atoms. The number of para-hydroxylation sites is 1. The van der Waals surface area contributed by atoms with Crippen LogP contribution in [0.15, 0.2) is 115 Å². The molecule has 0 saturated carbocycles. The van der Waals surface area contributed by atoms with Gasteiger partial charge in [0.1, 0.15) is 24.1 Å². The van der Waals surface area contributed by atoms with Crippen molar-refractivity contribution in [3.8, 4) is 22.9 Å². The van der Waals surface area contributed by atoms with Crippen LogP contribution in [-0.2, 0) is 11.4 Å². The maximum atomic E-state index is 13.8. The Labute approximate surface area is 237 Å². The van der Waals surface area contributed by atoms with Crippen LogP contribution >= 0.6 is 0 Å². The molecule has 1 aliphatic heterocycles. The van der Waals surface area contributed by atoms with Gasteiger partial charge in [-0.05, 0) is 54.4 Å². The van der Waals surface area contributed by atoms with Crippen molar-refractivity contribution in [3.05, 3.63) is 126 Å². The van der Waals surface area contributed by atoms with Gasteiger partial charge in [-0.1, -0.05) is 54.6 Å². The van der Waals surface area contributed by atoms with Gasteiger partial charge in [-0.3, -0.25) is 9.78 Å². The summed E-state index contributed by atoms with van der Waals surface area (Å²) in [6.45, 7) is 2.29. The van der Waals surface area contributed by atoms with Gasteiger partial charge in [0.2, 0.25) is 5.95 Å². The van der Waals surface area contributed by atoms with Gasteiger partial charge in [0.15, 0.2) is 5.82 Å². The van der Waals surface area contributed by atoms with E-state index in [0.29, 0.717) is 46.8 Å². The van der Waals surface area contributed by atoms with E-state index >= 15 is 0 Å². The van der Waals surface area contributed by atoms with Crippen LogP contribution in [0.5, 0.6) is 11.5 Å². The zero-order valence-corrected chi connectivity index (χ0v) is 22.6. The molecule has 5 aromatic rings. The van der Waals surface area contributed by atoms with Crippen molar-refractivity contribution in [3.63, 3.8) is 0 Å². The second-order valence-electron chi connectivity index (χ2n) is 9.51. The molecule has 204 valence electrons. The van der Waals surface area contributed by atoms with Crippen molar-refractivity contribution in [1.29, 1.82) is 0 Å². The van der Waals surface area contributed by atoms with Crippen LogP contribution in [0.1, 0.15) is 24.1 Å². The van der Waals surface area contributed by atoms with Gasteiger partial charge in [0, 0.05) is 11.9 Å². The molecule has 0 radical (unpaired) electrons. The molecule has 3 aromatic carbocycles. The summed E-state index contributed by atoms with van der Waals surface area (Å²) in [4.78, 5) is 22.7. The average molecular weight is 545 g/mol. The van der Waals surface area contributed by atoms with E-state index < -0.39 is 6.04 Å². The summed E-state index contributed by atoms with van der Waals surface area (Å²) in [5.41, 5.74) is 4.39. The predicted molar refractivity (Wildman–Crippen MR) is 157 cm³/mol. The molecule has 1 amide bonds. The average Bonchev–Trinajstić information content (AvgIpc) is 3.44. The van der Waals surface area contributed by atoms with Crippen molar-refractivity contribution in [2.24, 2.45) is 0 Å². The minimum Gasteiger partial charge on any atom is -0.496 e. The lowest BCUT2D eigenvalue weighted by molar-refractivity contribution is -0.113. The fraction of sp³-hybridized carbons (Fsp3) is 0.125. The Balaban J connectivity index is 1.41. The standard InChI is InChI=1S/C32H28N6O3/c1-21-28(31(39)35-24-13-9-17-33-19-24)29(23-12-8-14-25(18-23)41-20-22-10-4-3-5-11-22)38-32(34-21)36-30(37-38)26-15-6-7-16-27(26)40-2/h3-19,29H,20H2,1-2H3,(H,35,39)(H,34,36,37). The highest BCUT2D eigenvalue weighted by Crippen LogP contribution is 2.39. The number of ether oxygens (including phenoxy) is 2. The molecule has 2 aromatic heterocycles. The largest absolute Gasteiger partial charge is 0.496 e. The number of carbonyl (C=O) groups is 1. The first-order chi connectivity index (χ1) is 20.1. The molecule has 41 heavy (non-hydrogen) atoms. The fourth-order valence-electron chi connectivity index (χ4n) is 4.85. The maximum absolute atomic E-state index is 13.8. The molecule has 3 heterocycles. The first kappa shape index (κ1) is 25.8. The summed E-state index contributed by atoms with van der Waals surface area (Å²) in [5, 5.41) is 11.1. The number of allylic oxidation sites excluding steroid dienone is 1. The summed E-state index contributed by atoms with van der Waals surface area (Å²) in [5.74, 6) is 2.06. The number of anilines is 2. The number of amides is 1. The van der Waals surface area contributed by atoms with E-state index in [1.165, 1.54) is 0 Å². The number of benzene rings is 3. The van der Waals surface area contributed by atoms with Crippen LogP contribution in [0.3, 0.4) is 0 Å². The number of hydrogen-bond donors (Lipinski definition) is 2. The number of pyridine rings is 1. The fourth-order valence-corrected chi connectivity index (χ4v) is 4.85. The Hall–Kier alpha value is -5.44. The summed E-state index contributed by atoms with van der Waals surface area (Å²) in [6, 6.07) is 28.3. The van der Waals surface area contributed by atoms with Crippen LogP contribution in [0.25, 0.3) is 11.4 Å². The number of carbonyl (C=O) groups excluding carboxylic acids is 1. The van der Waals surface area contributed by atoms with E-state index in [2.05, 4.69) is 15.6 Å². The van der Waals surface area contributed by atoms with E-state index in [4.69, 9.17) is 19.6 Å². The number of fused-ring (bicyclic) bond motifs is 1. The Morgan fingerprint density at radius 2 is 1.83 bits per heavy atom. The lowest BCUT2D eigenvalue weighted by atomic mass is 9.95. The van der Waals surface area contributed by atoms with Gasteiger partial charge in [0.05, 0.1) is 30.1 Å². The SMILES string of the molecule is COc1ccccc1-c1nc2n(n1)C(c1cccc(OCc3ccccc3)c1)C(C(=O)Nc1cccnc1)=C(C)N2. The third kappa shape index (κ3) is 5.38. The van der Waals surface area contributed by atoms with Gasteiger partial charge in [-0.25, -0.2) is 4.68 Å². The van der Waals surface area contributed by atoms with Crippen molar-refractivity contribution >= 4 is 17.5 Å². The molecule has 0 fully saturated rings. The first-order valence-corrected chi connectivity index (χ1v) is 13.2. The number of rotatable bonds is 8. The molecule has 1 aliphatic rings. The summed E-state index contributed by atoms with van der Waals surface area (Å²) >= 11 is 0. The highest BCUT2D eigenvalue weighted by atomic mass is 16.5. The van der Waals surface area contributed by atoms with Crippen molar-refractivity contribution in [2.75, 3.05) is 17.7 Å². The van der Waals surface area contributed by atoms with Crippen LogP contribution in [0.2, 0.25) is 0 Å². The van der Waals surface area contributed by atoms with Crippen LogP contribution in [-0.4, -0.2) is 32.8 Å². The van der Waals surface area contributed by atoms with Crippen LogP contribution < -0.4 is 20.1 Å². The van der Waals surface area contributed by atoms with Crippen molar-refractivity contribution < 1.29 is 14.3 Å². The van der Waals surface area contributed by atoms with Gasteiger partial charge in [-0.2, -0.15) is 4.98 Å². The summed E-state index contributed by atoms with van der Waals surface area (Å²) < 4.78 is 13.4. The molecular formula is C32H28N6O3. The topological polar surface area (TPSA) is 103 Å². The van der Waals surface area contributed by atoms with Gasteiger partial charge in [0.25, 0.3) is 5.91 Å². The monoisotopic (exact) mass is 544 g/mol. The number of nitrogens with one attached hydrogen (secondary N) is 2. The highest BCUT2D eigenvalue weighted by Gasteiger charge is 2.35. The van der Waals surface area contributed by atoms with E-state index in [1.807, 2.05) is 85.8 Å². The molecule has 6 rings (SSSR count). The number of aromatic nitrogens is 4. The molecule has 0 aliphatic carbocycles. The second-order valence-corrected chi connectivity index (χ2v) is 9.51. The van der Waals surface area contributed by atoms with Gasteiger partial charge < -0.3 is 20.1 Å². The van der Waals surface area contributed by atoms with E-state index in [0.717, 1.165) is 16.7 Å². The number of hydrogen-bond acceptors (Lipinski definition) is 7. The number of nitrogens with zero attached hydrogens (tertiary/aromatic N) is 4. The van der Waals surface area contributed by atoms with E-state index in [9.17, 15) is 4.79 Å². The highest BCUT2D eigenvalue weighted by molar-refractivity contribution is 6.06. The quantitative estimate of drug-likeness (QED) is 0.252.